The largest absolute Gasteiger partial charge is 0.451 e. The summed E-state index contributed by atoms with van der Waals surface area (Å²) in [6, 6.07) is 10.2. The molecule has 2 unspecified atom stereocenters. The fraction of sp³-hybridized carbons (Fsp3) is 0.364. The van der Waals surface area contributed by atoms with E-state index in [1.807, 2.05) is 12.3 Å². The van der Waals surface area contributed by atoms with E-state index in [2.05, 4.69) is 21.3 Å². The number of piperidine rings is 3. The van der Waals surface area contributed by atoms with E-state index in [-0.39, 0.29) is 29.4 Å². The van der Waals surface area contributed by atoms with Crippen molar-refractivity contribution in [3.63, 3.8) is 0 Å². The van der Waals surface area contributed by atoms with Crippen molar-refractivity contribution < 1.29 is 14.1 Å². The molecule has 2 aromatic heterocycles. The number of pyridine rings is 1. The third-order valence-corrected chi connectivity index (χ3v) is 6.37. The Morgan fingerprint density at radius 1 is 1.27 bits per heavy atom. The van der Waals surface area contributed by atoms with Crippen LogP contribution in [0.4, 0.5) is 5.69 Å². The molecule has 154 valence electrons. The van der Waals surface area contributed by atoms with E-state index in [0.717, 1.165) is 37.9 Å². The Balaban J connectivity index is 1.38. The van der Waals surface area contributed by atoms with Crippen molar-refractivity contribution in [1.29, 1.82) is 0 Å². The number of carbonyl (C=O) groups excluding carboxylic acids is 1. The summed E-state index contributed by atoms with van der Waals surface area (Å²) >= 11 is 0. The lowest BCUT2D eigenvalue weighted by atomic mass is 9.76. The van der Waals surface area contributed by atoms with Crippen molar-refractivity contribution in [2.75, 3.05) is 13.1 Å². The van der Waals surface area contributed by atoms with Gasteiger partial charge in [0.15, 0.2) is 5.76 Å². The van der Waals surface area contributed by atoms with E-state index in [1.165, 1.54) is 18.2 Å². The highest BCUT2D eigenvalue weighted by Gasteiger charge is 2.43. The summed E-state index contributed by atoms with van der Waals surface area (Å²) in [4.78, 5) is 30.2. The zero-order chi connectivity index (χ0) is 20.7. The molecule has 8 nitrogen and oxygen atoms in total. The molecule has 30 heavy (non-hydrogen) atoms. The number of amides is 1. The Morgan fingerprint density at radius 2 is 2.10 bits per heavy atom. The zero-order valence-electron chi connectivity index (χ0n) is 16.4. The lowest BCUT2D eigenvalue weighted by molar-refractivity contribution is -0.384. The van der Waals surface area contributed by atoms with Crippen molar-refractivity contribution in [3.05, 3.63) is 70.2 Å². The Kier molecular flexibility index (Phi) is 4.71. The van der Waals surface area contributed by atoms with Crippen molar-refractivity contribution >= 4 is 22.6 Å². The quantitative estimate of drug-likeness (QED) is 0.516. The number of fused-ring (bicyclic) bond motifs is 4. The number of non-ortho nitro benzene ring substituents is 1. The van der Waals surface area contributed by atoms with Crippen LogP contribution in [0.5, 0.6) is 0 Å². The van der Waals surface area contributed by atoms with Crippen LogP contribution < -0.4 is 5.32 Å². The van der Waals surface area contributed by atoms with E-state index in [0.29, 0.717) is 16.9 Å². The fourth-order valence-corrected chi connectivity index (χ4v) is 4.86. The highest BCUT2D eigenvalue weighted by molar-refractivity contribution is 5.96. The number of furan rings is 1. The molecule has 1 N–H and O–H groups in total. The second-order valence-corrected chi connectivity index (χ2v) is 8.10. The van der Waals surface area contributed by atoms with Crippen molar-refractivity contribution in [2.24, 2.45) is 5.92 Å². The number of aromatic nitrogens is 1. The Hall–Kier alpha value is -3.26. The average Bonchev–Trinajstić information content (AvgIpc) is 3.20. The van der Waals surface area contributed by atoms with Crippen LogP contribution >= 0.6 is 0 Å². The van der Waals surface area contributed by atoms with Crippen LogP contribution in [-0.4, -0.2) is 45.9 Å². The predicted molar refractivity (Wildman–Crippen MR) is 110 cm³/mol. The SMILES string of the molecule is O=C(NC1C2CCN(CC2)C1Cc1cccnc1)c1cc2cc([N+](=O)[O-])ccc2o1. The molecular weight excluding hydrogens is 384 g/mol. The summed E-state index contributed by atoms with van der Waals surface area (Å²) < 4.78 is 5.68. The van der Waals surface area contributed by atoms with Crippen LogP contribution in [0.2, 0.25) is 0 Å². The van der Waals surface area contributed by atoms with Gasteiger partial charge in [-0.15, -0.1) is 0 Å². The lowest BCUT2D eigenvalue weighted by Crippen LogP contribution is -2.64. The first-order chi connectivity index (χ1) is 14.6. The third-order valence-electron chi connectivity index (χ3n) is 6.37. The minimum Gasteiger partial charge on any atom is -0.451 e. The number of nitro benzene ring substituents is 1. The highest BCUT2D eigenvalue weighted by Crippen LogP contribution is 2.34. The summed E-state index contributed by atoms with van der Waals surface area (Å²) in [7, 11) is 0. The van der Waals surface area contributed by atoms with Crippen molar-refractivity contribution in [3.8, 4) is 0 Å². The van der Waals surface area contributed by atoms with Crippen molar-refractivity contribution in [2.45, 2.75) is 31.3 Å². The van der Waals surface area contributed by atoms with Gasteiger partial charge in [0.2, 0.25) is 0 Å². The molecule has 0 spiro atoms. The van der Waals surface area contributed by atoms with Gasteiger partial charge in [-0.3, -0.25) is 24.8 Å². The first kappa shape index (κ1) is 18.7. The van der Waals surface area contributed by atoms with E-state index in [1.54, 1.807) is 12.3 Å². The van der Waals surface area contributed by atoms with Gasteiger partial charge in [-0.05, 0) is 62.0 Å². The zero-order valence-corrected chi connectivity index (χ0v) is 16.4. The first-order valence-electron chi connectivity index (χ1n) is 10.2. The summed E-state index contributed by atoms with van der Waals surface area (Å²) in [6.45, 7) is 2.10. The normalized spacial score (nSPS) is 25.3. The maximum Gasteiger partial charge on any atom is 0.287 e. The van der Waals surface area contributed by atoms with Crippen molar-refractivity contribution in [1.82, 2.24) is 15.2 Å². The topological polar surface area (TPSA) is 102 Å². The summed E-state index contributed by atoms with van der Waals surface area (Å²) in [6.07, 6.45) is 6.62. The van der Waals surface area contributed by atoms with Gasteiger partial charge in [0.1, 0.15) is 5.58 Å². The van der Waals surface area contributed by atoms with E-state index >= 15 is 0 Å². The number of nitrogens with one attached hydrogen (secondary N) is 1. The predicted octanol–water partition coefficient (Wildman–Crippen LogP) is 3.17. The number of rotatable bonds is 5. The average molecular weight is 406 g/mol. The Bertz CT molecular complexity index is 1090. The molecular formula is C22H22N4O4. The van der Waals surface area contributed by atoms with Gasteiger partial charge in [-0.25, -0.2) is 0 Å². The lowest BCUT2D eigenvalue weighted by Gasteiger charge is -2.51. The number of nitrogens with zero attached hydrogens (tertiary/aromatic N) is 3. The molecule has 3 aromatic rings. The second-order valence-electron chi connectivity index (χ2n) is 8.10. The van der Waals surface area contributed by atoms with E-state index in [4.69, 9.17) is 4.42 Å². The standard InChI is InChI=1S/C22H22N4O4/c27-22(20-12-16-11-17(26(28)29)3-4-19(16)30-20)24-21-15-5-8-25(9-6-15)18(21)10-14-2-1-7-23-13-14/h1-4,7,11-13,15,18,21H,5-6,8-10H2,(H,24,27). The van der Waals surface area contributed by atoms with Gasteiger partial charge in [-0.1, -0.05) is 6.07 Å². The molecule has 6 rings (SSSR count). The molecule has 3 saturated heterocycles. The number of hydrogen-bond acceptors (Lipinski definition) is 6. The summed E-state index contributed by atoms with van der Waals surface area (Å²) in [5.74, 6) is 0.344. The van der Waals surface area contributed by atoms with E-state index in [9.17, 15) is 14.9 Å². The maximum atomic E-state index is 13.0. The van der Waals surface area contributed by atoms with Gasteiger partial charge < -0.3 is 9.73 Å². The van der Waals surface area contributed by atoms with Crippen LogP contribution in [0.15, 0.2) is 53.2 Å². The molecule has 0 aliphatic carbocycles. The molecule has 1 amide bonds. The van der Waals surface area contributed by atoms with Gasteiger partial charge >= 0.3 is 0 Å². The smallest absolute Gasteiger partial charge is 0.287 e. The molecule has 0 radical (unpaired) electrons. The minimum atomic E-state index is -0.456. The molecule has 3 aliphatic rings. The second kappa shape index (κ2) is 7.53. The van der Waals surface area contributed by atoms with Crippen LogP contribution in [0, 0.1) is 16.0 Å². The summed E-state index contributed by atoms with van der Waals surface area (Å²) in [5.41, 5.74) is 1.60. The monoisotopic (exact) mass is 406 g/mol. The van der Waals surface area contributed by atoms with Gasteiger partial charge in [-0.2, -0.15) is 0 Å². The molecule has 3 aliphatic heterocycles. The fourth-order valence-electron chi connectivity index (χ4n) is 4.86. The number of hydrogen-bond donors (Lipinski definition) is 1. The Labute approximate surface area is 173 Å². The van der Waals surface area contributed by atoms with Crippen LogP contribution in [0.3, 0.4) is 0 Å². The Morgan fingerprint density at radius 3 is 2.83 bits per heavy atom. The van der Waals surface area contributed by atoms with Crippen LogP contribution in [-0.2, 0) is 6.42 Å². The molecule has 8 heteroatoms. The highest BCUT2D eigenvalue weighted by atomic mass is 16.6. The molecule has 5 heterocycles. The summed E-state index contributed by atoms with van der Waals surface area (Å²) in [5, 5.41) is 14.8. The number of nitro groups is 1. The minimum absolute atomic E-state index is 0.0239. The molecule has 2 bridgehead atoms. The van der Waals surface area contributed by atoms with Gasteiger partial charge in [0.05, 0.1) is 4.92 Å². The first-order valence-corrected chi connectivity index (χ1v) is 10.2. The maximum absolute atomic E-state index is 13.0. The molecule has 0 saturated carbocycles. The van der Waals surface area contributed by atoms with E-state index < -0.39 is 4.92 Å². The van der Waals surface area contributed by atoms with Gasteiger partial charge in [0.25, 0.3) is 11.6 Å². The number of benzene rings is 1. The third kappa shape index (κ3) is 3.43. The molecule has 2 atom stereocenters. The molecule has 1 aromatic carbocycles. The van der Waals surface area contributed by atoms with Crippen LogP contribution in [0.1, 0.15) is 29.0 Å². The van der Waals surface area contributed by atoms with Crippen LogP contribution in [0.25, 0.3) is 11.0 Å². The number of carbonyl (C=O) groups is 1. The molecule has 3 fully saturated rings. The van der Waals surface area contributed by atoms with Gasteiger partial charge in [0, 0.05) is 42.0 Å².